The summed E-state index contributed by atoms with van der Waals surface area (Å²) in [4.78, 5) is 33.8. The number of nitrogens with one attached hydrogen (secondary N) is 1. The zero-order chi connectivity index (χ0) is 22.8. The first-order valence-electron chi connectivity index (χ1n) is 10.8. The number of aromatic amines is 1. The molecule has 0 bridgehead atoms. The number of hydrogen-bond acceptors (Lipinski definition) is 7. The van der Waals surface area contributed by atoms with Crippen molar-refractivity contribution in [3.63, 3.8) is 0 Å². The van der Waals surface area contributed by atoms with Gasteiger partial charge in [0.15, 0.2) is 11.2 Å². The number of anilines is 1. The first-order chi connectivity index (χ1) is 15.4. The van der Waals surface area contributed by atoms with Crippen LogP contribution in [0.15, 0.2) is 33.9 Å². The molecule has 3 heterocycles. The maximum absolute atomic E-state index is 12.7. The number of methoxy groups -OCH3 is 1. The fourth-order valence-corrected chi connectivity index (χ4v) is 3.97. The molecule has 1 atom stereocenters. The Bertz CT molecular complexity index is 1190. The molecule has 0 saturated carbocycles. The lowest BCUT2D eigenvalue weighted by Crippen LogP contribution is -2.36. The van der Waals surface area contributed by atoms with Crippen LogP contribution in [-0.2, 0) is 13.6 Å². The molecule has 1 fully saturated rings. The summed E-state index contributed by atoms with van der Waals surface area (Å²) in [7, 11) is 3.16. The highest BCUT2D eigenvalue weighted by atomic mass is 16.5. The van der Waals surface area contributed by atoms with Gasteiger partial charge in [0, 0.05) is 20.1 Å². The number of nitrogens with zero attached hydrogens (tertiary/aromatic N) is 4. The van der Waals surface area contributed by atoms with Crippen molar-refractivity contribution < 1.29 is 14.6 Å². The number of piperidine rings is 1. The van der Waals surface area contributed by atoms with Gasteiger partial charge in [-0.3, -0.25) is 14.3 Å². The highest BCUT2D eigenvalue weighted by molar-refractivity contribution is 5.74. The predicted molar refractivity (Wildman–Crippen MR) is 121 cm³/mol. The van der Waals surface area contributed by atoms with E-state index in [-0.39, 0.29) is 18.7 Å². The minimum absolute atomic E-state index is 0.0339. The molecule has 4 rings (SSSR count). The van der Waals surface area contributed by atoms with Crippen molar-refractivity contribution >= 4 is 17.1 Å². The summed E-state index contributed by atoms with van der Waals surface area (Å²) < 4.78 is 13.9. The van der Waals surface area contributed by atoms with Crippen LogP contribution in [0, 0.1) is 5.92 Å². The molecule has 1 aliphatic rings. The Morgan fingerprint density at radius 1 is 1.19 bits per heavy atom. The molecule has 1 unspecified atom stereocenters. The Morgan fingerprint density at radius 2 is 1.84 bits per heavy atom. The number of H-pyrrole nitrogens is 1. The summed E-state index contributed by atoms with van der Waals surface area (Å²) >= 11 is 0. The zero-order valence-corrected chi connectivity index (χ0v) is 18.6. The minimum atomic E-state index is -0.895. The third kappa shape index (κ3) is 4.36. The summed E-state index contributed by atoms with van der Waals surface area (Å²) in [6.45, 7) is 3.96. The van der Waals surface area contributed by atoms with E-state index in [4.69, 9.17) is 9.47 Å². The monoisotopic (exact) mass is 443 g/mol. The highest BCUT2D eigenvalue weighted by Gasteiger charge is 2.25. The molecule has 3 aromatic rings. The Labute approximate surface area is 185 Å². The summed E-state index contributed by atoms with van der Waals surface area (Å²) in [5, 5.41) is 10.7. The number of fused-ring (bicyclic) bond motifs is 1. The number of aliphatic hydroxyl groups is 1. The number of rotatable bonds is 7. The van der Waals surface area contributed by atoms with Gasteiger partial charge in [-0.15, -0.1) is 0 Å². The maximum Gasteiger partial charge on any atom is 0.329 e. The Kier molecular flexibility index (Phi) is 6.22. The van der Waals surface area contributed by atoms with Crippen LogP contribution < -0.4 is 25.6 Å². The number of aliphatic hydroxyl groups excluding tert-OH is 1. The molecule has 2 aromatic heterocycles. The molecule has 172 valence electrons. The summed E-state index contributed by atoms with van der Waals surface area (Å²) in [6.07, 6.45) is 1.14. The summed E-state index contributed by atoms with van der Waals surface area (Å²) in [5.74, 6) is 2.53. The average molecular weight is 444 g/mol. The van der Waals surface area contributed by atoms with Gasteiger partial charge in [-0.05, 0) is 43.0 Å². The van der Waals surface area contributed by atoms with E-state index in [1.54, 1.807) is 43.0 Å². The van der Waals surface area contributed by atoms with E-state index in [0.717, 1.165) is 25.9 Å². The number of ether oxygens (including phenoxy) is 2. The van der Waals surface area contributed by atoms with Crippen LogP contribution in [0.2, 0.25) is 0 Å². The van der Waals surface area contributed by atoms with Crippen LogP contribution in [0.25, 0.3) is 11.2 Å². The first kappa shape index (κ1) is 21.9. The number of imidazole rings is 1. The van der Waals surface area contributed by atoms with Crippen molar-refractivity contribution in [2.75, 3.05) is 31.7 Å². The van der Waals surface area contributed by atoms with Gasteiger partial charge < -0.3 is 24.0 Å². The lowest BCUT2D eigenvalue weighted by Gasteiger charge is -2.31. The molecule has 0 radical (unpaired) electrons. The predicted octanol–water partition coefficient (Wildman–Crippen LogP) is 1.11. The van der Waals surface area contributed by atoms with E-state index in [9.17, 15) is 14.7 Å². The quantitative estimate of drug-likeness (QED) is 0.562. The number of hydrogen-bond donors (Lipinski definition) is 2. The molecular weight excluding hydrogens is 414 g/mol. The van der Waals surface area contributed by atoms with Gasteiger partial charge in [0.05, 0.1) is 13.7 Å². The van der Waals surface area contributed by atoms with Gasteiger partial charge in [-0.2, -0.15) is 4.98 Å². The molecule has 1 aromatic carbocycles. The van der Waals surface area contributed by atoms with E-state index in [2.05, 4.69) is 21.8 Å². The van der Waals surface area contributed by atoms with Crippen LogP contribution in [0.3, 0.4) is 0 Å². The Hall–Kier alpha value is -3.27. The molecule has 1 aliphatic heterocycles. The third-order valence-corrected chi connectivity index (χ3v) is 5.95. The van der Waals surface area contributed by atoms with Gasteiger partial charge >= 0.3 is 5.69 Å². The number of aryl methyl sites for hydroxylation is 1. The van der Waals surface area contributed by atoms with Gasteiger partial charge in [0.25, 0.3) is 5.56 Å². The molecule has 2 N–H and O–H groups in total. The number of aromatic nitrogens is 4. The summed E-state index contributed by atoms with van der Waals surface area (Å²) in [5.41, 5.74) is -0.468. The van der Waals surface area contributed by atoms with Gasteiger partial charge in [0.1, 0.15) is 24.2 Å². The molecule has 1 saturated heterocycles. The standard InChI is InChI=1S/C22H29N5O5/c1-14-8-10-26(11-9-14)21-23-19-18(20(29)24-22(30)25(19)2)27(21)12-15(28)13-32-17-6-4-16(31-3)5-7-17/h4-7,14-15,28H,8-13H2,1-3H3,(H,24,29,30). The largest absolute Gasteiger partial charge is 0.497 e. The van der Waals surface area contributed by atoms with Crippen LogP contribution in [0.5, 0.6) is 11.5 Å². The topological polar surface area (TPSA) is 115 Å². The van der Waals surface area contributed by atoms with Gasteiger partial charge in [-0.1, -0.05) is 6.92 Å². The van der Waals surface area contributed by atoms with Crippen LogP contribution in [0.4, 0.5) is 5.95 Å². The van der Waals surface area contributed by atoms with Crippen molar-refractivity contribution in [1.82, 2.24) is 19.1 Å². The van der Waals surface area contributed by atoms with E-state index < -0.39 is 17.4 Å². The van der Waals surface area contributed by atoms with Gasteiger partial charge in [0.2, 0.25) is 5.95 Å². The minimum Gasteiger partial charge on any atom is -0.497 e. The van der Waals surface area contributed by atoms with Crippen molar-refractivity contribution in [1.29, 1.82) is 0 Å². The molecule has 10 nitrogen and oxygen atoms in total. The van der Waals surface area contributed by atoms with Crippen LogP contribution in [-0.4, -0.2) is 57.1 Å². The van der Waals surface area contributed by atoms with Crippen LogP contribution >= 0.6 is 0 Å². The van der Waals surface area contributed by atoms with Crippen molar-refractivity contribution in [3.8, 4) is 11.5 Å². The van der Waals surface area contributed by atoms with E-state index in [1.165, 1.54) is 4.57 Å². The first-order valence-corrected chi connectivity index (χ1v) is 10.8. The zero-order valence-electron chi connectivity index (χ0n) is 18.6. The Morgan fingerprint density at radius 3 is 2.50 bits per heavy atom. The van der Waals surface area contributed by atoms with E-state index >= 15 is 0 Å². The second-order valence-corrected chi connectivity index (χ2v) is 8.32. The van der Waals surface area contributed by atoms with Crippen LogP contribution in [0.1, 0.15) is 19.8 Å². The van der Waals surface area contributed by atoms with Crippen molar-refractivity contribution in [2.24, 2.45) is 13.0 Å². The SMILES string of the molecule is COc1ccc(OCC(O)Cn2c(N3CCC(C)CC3)nc3c2c(=O)[nH]c(=O)n3C)cc1. The molecule has 0 aliphatic carbocycles. The molecule has 0 spiro atoms. The number of benzene rings is 1. The molecule has 10 heteroatoms. The maximum atomic E-state index is 12.7. The van der Waals surface area contributed by atoms with Gasteiger partial charge in [-0.25, -0.2) is 4.79 Å². The highest BCUT2D eigenvalue weighted by Crippen LogP contribution is 2.25. The molecule has 0 amide bonds. The van der Waals surface area contributed by atoms with E-state index in [0.29, 0.717) is 29.0 Å². The normalized spacial score (nSPS) is 15.8. The van der Waals surface area contributed by atoms with E-state index in [1.807, 2.05) is 0 Å². The van der Waals surface area contributed by atoms with Crippen molar-refractivity contribution in [3.05, 3.63) is 45.1 Å². The van der Waals surface area contributed by atoms with Crippen molar-refractivity contribution in [2.45, 2.75) is 32.4 Å². The second kappa shape index (κ2) is 9.07. The molecular formula is C22H29N5O5. The third-order valence-electron chi connectivity index (χ3n) is 5.95. The lowest BCUT2D eigenvalue weighted by atomic mass is 10.00. The summed E-state index contributed by atoms with van der Waals surface area (Å²) in [6, 6.07) is 7.08. The Balaban J connectivity index is 1.62. The smallest absolute Gasteiger partial charge is 0.329 e. The lowest BCUT2D eigenvalue weighted by molar-refractivity contribution is 0.0935. The fourth-order valence-electron chi connectivity index (χ4n) is 3.97. The molecule has 32 heavy (non-hydrogen) atoms. The fraction of sp³-hybridized carbons (Fsp3) is 0.500. The average Bonchev–Trinajstić information content (AvgIpc) is 3.16. The second-order valence-electron chi connectivity index (χ2n) is 8.32.